The minimum atomic E-state index is -1.03. The normalized spacial score (nSPS) is 10.1. The van der Waals surface area contributed by atoms with Crippen LogP contribution in [0.4, 0.5) is 11.4 Å². The smallest absolute Gasteiger partial charge is 0.344 e. The Hall–Kier alpha value is -5.18. The zero-order valence-electron chi connectivity index (χ0n) is 21.7. The van der Waals surface area contributed by atoms with E-state index in [2.05, 4.69) is 10.6 Å². The molecule has 0 radical (unpaired) electrons. The molecule has 0 aliphatic rings. The lowest BCUT2D eigenvalue weighted by Gasteiger charge is -2.09. The van der Waals surface area contributed by atoms with Crippen molar-refractivity contribution >= 4 is 47.2 Å². The van der Waals surface area contributed by atoms with E-state index in [1.54, 1.807) is 0 Å². The van der Waals surface area contributed by atoms with Gasteiger partial charge in [-0.2, -0.15) is 0 Å². The van der Waals surface area contributed by atoms with Crippen LogP contribution in [0, 0.1) is 0 Å². The number of aliphatic carboxylic acids is 2. The van der Waals surface area contributed by atoms with Crippen LogP contribution < -0.4 is 10.6 Å². The number of hydrogen-bond donors (Lipinski definition) is 4. The number of nitrogens with one attached hydrogen (secondary N) is 2. The van der Waals surface area contributed by atoms with Crippen LogP contribution in [0.5, 0.6) is 0 Å². The molecule has 0 amide bonds. The number of benzene rings is 2. The summed E-state index contributed by atoms with van der Waals surface area (Å²) in [6.45, 7) is -2.13. The standard InChI is InChI=1S/C26H28N2O13/c29-21(30)13-27-19-5-1-17(2-6-19)25(35)40-15-23(33)38-11-9-37-10-12-39-24(34)16-41-26(36)18-3-7-20(8-4-18)28-14-22(31)32/h1-8,27-28H,9-16H2,(H,29,30)(H,31,32). The summed E-state index contributed by atoms with van der Waals surface area (Å²) in [6, 6.07) is 11.6. The second-order valence-electron chi connectivity index (χ2n) is 7.85. The van der Waals surface area contributed by atoms with Crippen molar-refractivity contribution in [1.29, 1.82) is 0 Å². The molecule has 0 spiro atoms. The van der Waals surface area contributed by atoms with Gasteiger partial charge >= 0.3 is 35.8 Å². The largest absolute Gasteiger partial charge is 0.480 e. The fourth-order valence-corrected chi connectivity index (χ4v) is 2.83. The number of carbonyl (C=O) groups is 6. The number of ether oxygens (including phenoxy) is 5. The van der Waals surface area contributed by atoms with Crippen LogP contribution in [0.2, 0.25) is 0 Å². The maximum Gasteiger partial charge on any atom is 0.344 e. The van der Waals surface area contributed by atoms with E-state index in [4.69, 9.17) is 33.9 Å². The van der Waals surface area contributed by atoms with E-state index in [0.29, 0.717) is 11.4 Å². The van der Waals surface area contributed by atoms with Gasteiger partial charge in [0.25, 0.3) is 0 Å². The van der Waals surface area contributed by atoms with Crippen LogP contribution in [-0.4, -0.2) is 98.8 Å². The van der Waals surface area contributed by atoms with Crippen LogP contribution >= 0.6 is 0 Å². The third-order valence-electron chi connectivity index (χ3n) is 4.75. The number of anilines is 2. The minimum Gasteiger partial charge on any atom is -0.480 e. The highest BCUT2D eigenvalue weighted by Crippen LogP contribution is 2.11. The zero-order chi connectivity index (χ0) is 30.0. The molecule has 0 bridgehead atoms. The Labute approximate surface area is 233 Å². The third-order valence-corrected chi connectivity index (χ3v) is 4.75. The Kier molecular flexibility index (Phi) is 13.6. The quantitative estimate of drug-likeness (QED) is 0.110. The van der Waals surface area contributed by atoms with Crippen LogP contribution in [0.3, 0.4) is 0 Å². The van der Waals surface area contributed by atoms with Crippen molar-refractivity contribution in [3.05, 3.63) is 59.7 Å². The van der Waals surface area contributed by atoms with Crippen molar-refractivity contribution in [3.63, 3.8) is 0 Å². The molecule has 2 rings (SSSR count). The second-order valence-corrected chi connectivity index (χ2v) is 7.85. The molecule has 0 atom stereocenters. The zero-order valence-corrected chi connectivity index (χ0v) is 21.7. The maximum absolute atomic E-state index is 12.0. The summed E-state index contributed by atoms with van der Waals surface area (Å²) in [5.74, 6) is -5.21. The van der Waals surface area contributed by atoms with Crippen LogP contribution in [-0.2, 0) is 42.9 Å². The first-order chi connectivity index (χ1) is 19.6. The van der Waals surface area contributed by atoms with Gasteiger partial charge in [0.15, 0.2) is 13.2 Å². The van der Waals surface area contributed by atoms with Crippen molar-refractivity contribution in [2.75, 3.05) is 63.4 Å². The Balaban J connectivity index is 1.50. The van der Waals surface area contributed by atoms with Gasteiger partial charge in [-0.25, -0.2) is 19.2 Å². The molecule has 2 aromatic rings. The Morgan fingerprint density at radius 3 is 1.24 bits per heavy atom. The summed E-state index contributed by atoms with van der Waals surface area (Å²) in [5, 5.41) is 22.5. The van der Waals surface area contributed by atoms with Gasteiger partial charge in [-0.15, -0.1) is 0 Å². The molecular formula is C26H28N2O13. The summed E-state index contributed by atoms with van der Waals surface area (Å²) >= 11 is 0. The molecule has 0 saturated carbocycles. The Morgan fingerprint density at radius 1 is 0.537 bits per heavy atom. The molecule has 0 unspecified atom stereocenters. The summed E-state index contributed by atoms with van der Waals surface area (Å²) in [4.78, 5) is 68.5. The molecule has 0 fully saturated rings. The molecule has 0 aromatic heterocycles. The lowest BCUT2D eigenvalue weighted by Crippen LogP contribution is -2.20. The predicted molar refractivity (Wildman–Crippen MR) is 138 cm³/mol. The van der Waals surface area contributed by atoms with E-state index in [9.17, 15) is 28.8 Å². The molecule has 0 aliphatic carbocycles. The number of carboxylic acids is 2. The minimum absolute atomic E-state index is 0.0195. The van der Waals surface area contributed by atoms with E-state index in [1.807, 2.05) is 0 Å². The number of hydrogen-bond acceptors (Lipinski definition) is 13. The molecule has 0 saturated heterocycles. The fourth-order valence-electron chi connectivity index (χ4n) is 2.83. The van der Waals surface area contributed by atoms with Crippen molar-refractivity contribution in [3.8, 4) is 0 Å². The summed E-state index contributed by atoms with van der Waals surface area (Å²) in [7, 11) is 0. The van der Waals surface area contributed by atoms with Crippen LogP contribution in [0.25, 0.3) is 0 Å². The number of carbonyl (C=O) groups excluding carboxylic acids is 4. The SMILES string of the molecule is O=C(O)CNc1ccc(C(=O)OCC(=O)OCCOCCOC(=O)COC(=O)c2ccc(NCC(=O)O)cc2)cc1. The van der Waals surface area contributed by atoms with Gasteiger partial charge in [0.2, 0.25) is 0 Å². The van der Waals surface area contributed by atoms with Crippen molar-refractivity contribution in [1.82, 2.24) is 0 Å². The van der Waals surface area contributed by atoms with E-state index < -0.39 is 49.0 Å². The van der Waals surface area contributed by atoms with Gasteiger partial charge in [0.1, 0.15) is 26.3 Å². The maximum atomic E-state index is 12.0. The summed E-state index contributed by atoms with van der Waals surface area (Å²) < 4.78 is 24.6. The van der Waals surface area contributed by atoms with E-state index >= 15 is 0 Å². The number of esters is 4. The van der Waals surface area contributed by atoms with Gasteiger partial charge in [0, 0.05) is 11.4 Å². The molecule has 4 N–H and O–H groups in total. The van der Waals surface area contributed by atoms with Crippen LogP contribution in [0.15, 0.2) is 48.5 Å². The first kappa shape index (κ1) is 32.0. The molecule has 15 heteroatoms. The van der Waals surface area contributed by atoms with E-state index in [1.165, 1.54) is 48.5 Å². The second kappa shape index (κ2) is 17.4. The average Bonchev–Trinajstić information content (AvgIpc) is 2.96. The molecular weight excluding hydrogens is 548 g/mol. The van der Waals surface area contributed by atoms with Crippen LogP contribution in [0.1, 0.15) is 20.7 Å². The van der Waals surface area contributed by atoms with E-state index in [-0.39, 0.29) is 50.6 Å². The highest BCUT2D eigenvalue weighted by Gasteiger charge is 2.13. The van der Waals surface area contributed by atoms with Crippen molar-refractivity contribution in [2.24, 2.45) is 0 Å². The molecule has 0 heterocycles. The molecule has 0 aliphatic heterocycles. The average molecular weight is 577 g/mol. The van der Waals surface area contributed by atoms with E-state index in [0.717, 1.165) is 0 Å². The summed E-state index contributed by atoms with van der Waals surface area (Å²) in [6.07, 6.45) is 0. The van der Waals surface area contributed by atoms with Gasteiger partial charge < -0.3 is 44.5 Å². The first-order valence-electron chi connectivity index (χ1n) is 12.0. The molecule has 15 nitrogen and oxygen atoms in total. The van der Waals surface area contributed by atoms with Crippen molar-refractivity contribution < 1.29 is 62.7 Å². The third kappa shape index (κ3) is 13.4. The lowest BCUT2D eigenvalue weighted by atomic mass is 10.2. The number of rotatable bonds is 18. The molecule has 41 heavy (non-hydrogen) atoms. The van der Waals surface area contributed by atoms with Gasteiger partial charge in [-0.3, -0.25) is 9.59 Å². The Morgan fingerprint density at radius 2 is 0.902 bits per heavy atom. The molecule has 220 valence electrons. The highest BCUT2D eigenvalue weighted by molar-refractivity contribution is 5.92. The van der Waals surface area contributed by atoms with Gasteiger partial charge in [-0.1, -0.05) is 0 Å². The fraction of sp³-hybridized carbons (Fsp3) is 0.308. The van der Waals surface area contributed by atoms with Crippen molar-refractivity contribution in [2.45, 2.75) is 0 Å². The van der Waals surface area contributed by atoms with Gasteiger partial charge in [-0.05, 0) is 48.5 Å². The Bertz CT molecular complexity index is 1100. The van der Waals surface area contributed by atoms with Gasteiger partial charge in [0.05, 0.1) is 24.3 Å². The topological polar surface area (TPSA) is 213 Å². The number of carboxylic acid groups (broad SMARTS) is 2. The predicted octanol–water partition coefficient (Wildman–Crippen LogP) is 0.796. The molecule has 2 aromatic carbocycles. The lowest BCUT2D eigenvalue weighted by molar-refractivity contribution is -0.150. The highest BCUT2D eigenvalue weighted by atomic mass is 16.6. The first-order valence-corrected chi connectivity index (χ1v) is 12.0. The summed E-state index contributed by atoms with van der Waals surface area (Å²) in [5.41, 5.74) is 1.31. The monoisotopic (exact) mass is 576 g/mol.